The van der Waals surface area contributed by atoms with E-state index in [1.807, 2.05) is 50.3 Å². The van der Waals surface area contributed by atoms with Gasteiger partial charge in [-0.25, -0.2) is 9.97 Å². The maximum atomic E-state index is 11.6. The van der Waals surface area contributed by atoms with E-state index >= 15 is 0 Å². The Balaban J connectivity index is 1.74. The third kappa shape index (κ3) is 4.38. The smallest absolute Gasteiger partial charge is 0.193 e. The van der Waals surface area contributed by atoms with E-state index in [2.05, 4.69) is 46.2 Å². The molecule has 30 heavy (non-hydrogen) atoms. The van der Waals surface area contributed by atoms with E-state index in [0.29, 0.717) is 17.5 Å². The summed E-state index contributed by atoms with van der Waals surface area (Å²) >= 11 is 0. The van der Waals surface area contributed by atoms with Crippen LogP contribution >= 0.6 is 0 Å². The maximum absolute atomic E-state index is 11.6. The second-order valence-electron chi connectivity index (χ2n) is 6.56. The summed E-state index contributed by atoms with van der Waals surface area (Å²) in [5.41, 5.74) is 2.62. The van der Waals surface area contributed by atoms with Crippen molar-refractivity contribution in [3.8, 4) is 0 Å². The van der Waals surface area contributed by atoms with Crippen molar-refractivity contribution in [2.75, 3.05) is 10.6 Å². The third-order valence-electron chi connectivity index (χ3n) is 4.14. The van der Waals surface area contributed by atoms with Gasteiger partial charge in [0.25, 0.3) is 0 Å². The molecule has 1 aromatic carbocycles. The van der Waals surface area contributed by atoms with Gasteiger partial charge < -0.3 is 10.6 Å². The zero-order valence-corrected chi connectivity index (χ0v) is 16.3. The van der Waals surface area contributed by atoms with Gasteiger partial charge in [0, 0.05) is 12.1 Å². The molecule has 0 spiro atoms. The van der Waals surface area contributed by atoms with Gasteiger partial charge in [0.2, 0.25) is 0 Å². The lowest BCUT2D eigenvalue weighted by Crippen LogP contribution is -2.03. The molecule has 0 amide bonds. The summed E-state index contributed by atoms with van der Waals surface area (Å²) in [6.45, 7) is 3.70. The average Bonchev–Trinajstić information content (AvgIpc) is 3.34. The molecule has 3 aromatic heterocycles. The molecular formula is C20H19N9O. The number of nitroso groups, excluding NO2 is 1. The van der Waals surface area contributed by atoms with Crippen molar-refractivity contribution >= 4 is 41.1 Å². The zero-order chi connectivity index (χ0) is 20.9. The molecule has 3 heterocycles. The van der Waals surface area contributed by atoms with Crippen molar-refractivity contribution < 1.29 is 0 Å². The summed E-state index contributed by atoms with van der Waals surface area (Å²) in [6.07, 6.45) is 3.65. The molecular weight excluding hydrogens is 382 g/mol. The normalized spacial score (nSPS) is 11.0. The van der Waals surface area contributed by atoms with Gasteiger partial charge in [-0.3, -0.25) is 10.2 Å². The fourth-order valence-corrected chi connectivity index (χ4v) is 2.77. The number of nitrogens with one attached hydrogen (secondary N) is 4. The molecule has 0 aliphatic carbocycles. The molecule has 0 unspecified atom stereocenters. The van der Waals surface area contributed by atoms with E-state index in [1.54, 1.807) is 18.2 Å². The molecule has 0 bridgehead atoms. The maximum Gasteiger partial charge on any atom is 0.193 e. The quantitative estimate of drug-likeness (QED) is 0.332. The summed E-state index contributed by atoms with van der Waals surface area (Å²) in [4.78, 5) is 20.6. The number of nitrogens with zero attached hydrogens (tertiary/aromatic N) is 5. The Bertz CT molecular complexity index is 1130. The van der Waals surface area contributed by atoms with Gasteiger partial charge in [-0.2, -0.15) is 10.2 Å². The lowest BCUT2D eigenvalue weighted by molar-refractivity contribution is 1.04. The highest BCUT2D eigenvalue weighted by atomic mass is 16.3. The summed E-state index contributed by atoms with van der Waals surface area (Å²) < 4.78 is 0. The summed E-state index contributed by atoms with van der Waals surface area (Å²) in [5.74, 6) is 2.05. The zero-order valence-electron chi connectivity index (χ0n) is 16.3. The van der Waals surface area contributed by atoms with Crippen LogP contribution in [0, 0.1) is 18.8 Å². The first kappa shape index (κ1) is 19.0. The SMILES string of the molecule is Cc1cc(Nc2nc(/C=C/c3ccccc3)nc(Nc3cc(C)n[nH]3)c2N=O)[nH]n1. The number of aromatic nitrogens is 6. The molecule has 0 aliphatic rings. The molecule has 4 rings (SSSR count). The average molecular weight is 401 g/mol. The molecule has 0 saturated heterocycles. The molecule has 4 N–H and O–H groups in total. The number of anilines is 4. The van der Waals surface area contributed by atoms with Crippen LogP contribution < -0.4 is 10.6 Å². The summed E-state index contributed by atoms with van der Waals surface area (Å²) in [7, 11) is 0. The highest BCUT2D eigenvalue weighted by molar-refractivity contribution is 5.81. The number of H-pyrrole nitrogens is 2. The van der Waals surface area contributed by atoms with Crippen LogP contribution in [0.2, 0.25) is 0 Å². The Morgan fingerprint density at radius 1 is 0.867 bits per heavy atom. The minimum absolute atomic E-state index is 0.0337. The van der Waals surface area contributed by atoms with Crippen LogP contribution in [0.25, 0.3) is 12.2 Å². The van der Waals surface area contributed by atoms with Crippen molar-refractivity contribution in [3.05, 3.63) is 70.1 Å². The Hall–Kier alpha value is -4.34. The fraction of sp³-hybridized carbons (Fsp3) is 0.100. The molecule has 10 heteroatoms. The molecule has 0 saturated carbocycles. The van der Waals surface area contributed by atoms with Crippen LogP contribution in [0.15, 0.2) is 47.6 Å². The van der Waals surface area contributed by atoms with E-state index in [9.17, 15) is 4.91 Å². The predicted molar refractivity (Wildman–Crippen MR) is 116 cm³/mol. The van der Waals surface area contributed by atoms with Crippen LogP contribution in [-0.4, -0.2) is 30.4 Å². The van der Waals surface area contributed by atoms with Gasteiger partial charge in [0.15, 0.2) is 23.1 Å². The van der Waals surface area contributed by atoms with Gasteiger partial charge in [-0.1, -0.05) is 36.4 Å². The minimum Gasteiger partial charge on any atom is -0.323 e. The van der Waals surface area contributed by atoms with Gasteiger partial charge in [-0.15, -0.1) is 4.91 Å². The molecule has 4 aromatic rings. The number of rotatable bonds is 7. The Morgan fingerprint density at radius 3 is 1.90 bits per heavy atom. The van der Waals surface area contributed by atoms with Crippen molar-refractivity contribution in [2.24, 2.45) is 5.18 Å². The van der Waals surface area contributed by atoms with E-state index in [4.69, 9.17) is 0 Å². The van der Waals surface area contributed by atoms with Crippen molar-refractivity contribution in [1.82, 2.24) is 30.4 Å². The lowest BCUT2D eigenvalue weighted by atomic mass is 10.2. The van der Waals surface area contributed by atoms with E-state index in [0.717, 1.165) is 17.0 Å². The standard InChI is InChI=1S/C20H19N9O/c1-12-10-16(27-25-12)23-19-18(29-30)20(24-17-11-13(2)26-28-17)22-15(21-19)9-8-14-6-4-3-5-7-14/h3-11H,1-2H3,(H4,21,22,23,24,25,26,27,28)/b9-8+. The van der Waals surface area contributed by atoms with Crippen LogP contribution in [0.5, 0.6) is 0 Å². The van der Waals surface area contributed by atoms with Crippen molar-refractivity contribution in [1.29, 1.82) is 0 Å². The first-order chi connectivity index (χ1) is 14.6. The monoisotopic (exact) mass is 401 g/mol. The van der Waals surface area contributed by atoms with Gasteiger partial charge in [0.05, 0.1) is 11.4 Å². The second kappa shape index (κ2) is 8.35. The van der Waals surface area contributed by atoms with Crippen LogP contribution in [0.4, 0.5) is 29.0 Å². The van der Waals surface area contributed by atoms with Gasteiger partial charge in [-0.05, 0) is 30.7 Å². The number of aryl methyl sites for hydroxylation is 2. The second-order valence-corrected chi connectivity index (χ2v) is 6.56. The number of benzene rings is 1. The van der Waals surface area contributed by atoms with E-state index < -0.39 is 0 Å². The first-order valence-electron chi connectivity index (χ1n) is 9.17. The summed E-state index contributed by atoms with van der Waals surface area (Å²) in [6, 6.07) is 13.4. The molecule has 10 nitrogen and oxygen atoms in total. The highest BCUT2D eigenvalue weighted by Gasteiger charge is 2.17. The van der Waals surface area contributed by atoms with E-state index in [-0.39, 0.29) is 17.3 Å². The molecule has 0 fully saturated rings. The highest BCUT2D eigenvalue weighted by Crippen LogP contribution is 2.34. The van der Waals surface area contributed by atoms with Gasteiger partial charge in [0.1, 0.15) is 11.6 Å². The number of aromatic amines is 2. The Morgan fingerprint density at radius 2 is 1.43 bits per heavy atom. The number of hydrogen-bond donors (Lipinski definition) is 4. The Kier molecular flexibility index (Phi) is 5.29. The largest absolute Gasteiger partial charge is 0.323 e. The third-order valence-corrected chi connectivity index (χ3v) is 4.14. The summed E-state index contributed by atoms with van der Waals surface area (Å²) in [5, 5.41) is 23.1. The number of hydrogen-bond acceptors (Lipinski definition) is 8. The molecule has 0 radical (unpaired) electrons. The predicted octanol–water partition coefficient (Wildman–Crippen LogP) is 4.60. The fourth-order valence-electron chi connectivity index (χ4n) is 2.77. The van der Waals surface area contributed by atoms with E-state index in [1.165, 1.54) is 0 Å². The Labute approximate surface area is 171 Å². The molecule has 150 valence electrons. The van der Waals surface area contributed by atoms with Gasteiger partial charge >= 0.3 is 0 Å². The first-order valence-corrected chi connectivity index (χ1v) is 9.17. The minimum atomic E-state index is 0.0337. The lowest BCUT2D eigenvalue weighted by Gasteiger charge is -2.11. The van der Waals surface area contributed by atoms with Crippen LogP contribution in [0.3, 0.4) is 0 Å². The molecule has 0 aliphatic heterocycles. The molecule has 0 atom stereocenters. The topological polar surface area (TPSA) is 137 Å². The van der Waals surface area contributed by atoms with Crippen molar-refractivity contribution in [3.63, 3.8) is 0 Å². The van der Waals surface area contributed by atoms with Crippen LogP contribution in [0.1, 0.15) is 22.8 Å². The van der Waals surface area contributed by atoms with Crippen LogP contribution in [-0.2, 0) is 0 Å². The van der Waals surface area contributed by atoms with Crippen molar-refractivity contribution in [2.45, 2.75) is 13.8 Å².